The van der Waals surface area contributed by atoms with Crippen molar-refractivity contribution in [2.24, 2.45) is 0 Å². The van der Waals surface area contributed by atoms with Crippen LogP contribution in [0.4, 0.5) is 28.4 Å². The zero-order valence-electron chi connectivity index (χ0n) is 47.1. The molecule has 10 rings (SSSR count). The lowest BCUT2D eigenvalue weighted by atomic mass is 9.70. The van der Waals surface area contributed by atoms with Crippen LogP contribution in [0.15, 0.2) is 211 Å². The highest BCUT2D eigenvalue weighted by molar-refractivity contribution is 9.10. The summed E-state index contributed by atoms with van der Waals surface area (Å²) in [6.45, 7) is 9.24. The van der Waals surface area contributed by atoms with Crippen molar-refractivity contribution in [3.8, 4) is 22.3 Å². The minimum atomic E-state index is 0.0997. The summed E-state index contributed by atoms with van der Waals surface area (Å²) in [5.74, 6) is 0. The van der Waals surface area contributed by atoms with Gasteiger partial charge in [-0.15, -0.1) is 0 Å². The first-order chi connectivity index (χ1) is 38.0. The Kier molecular flexibility index (Phi) is 21.9. The van der Waals surface area contributed by atoms with Crippen molar-refractivity contribution in [2.75, 3.05) is 10.2 Å². The summed E-state index contributed by atoms with van der Waals surface area (Å²) in [5.41, 5.74) is 18.3. The molecule has 0 atom stereocenters. The third-order valence-corrected chi connectivity index (χ3v) is 16.9. The van der Waals surface area contributed by atoms with Crippen LogP contribution in [0, 0.1) is 0 Å². The molecule has 0 fully saturated rings. The number of benzene rings is 8. The summed E-state index contributed by atoms with van der Waals surface area (Å²) < 4.78 is 1.22. The van der Waals surface area contributed by atoms with E-state index in [4.69, 9.17) is 0 Å². The Labute approximate surface area is 473 Å². The quantitative estimate of drug-likeness (QED) is 0.0574. The van der Waals surface area contributed by atoms with E-state index >= 15 is 0 Å². The third-order valence-electron chi connectivity index (χ3n) is 16.4. The van der Waals surface area contributed by atoms with Crippen molar-refractivity contribution in [2.45, 2.75) is 167 Å². The number of fused-ring (bicyclic) bond motifs is 6. The summed E-state index contributed by atoms with van der Waals surface area (Å²) in [6.07, 6.45) is 26.2. The predicted octanol–water partition coefficient (Wildman–Crippen LogP) is 23.5. The molecule has 1 N–H and O–H groups in total. The molecule has 400 valence electrons. The molecule has 0 heterocycles. The molecule has 0 bridgehead atoms. The van der Waals surface area contributed by atoms with Crippen LogP contribution in [0.2, 0.25) is 0 Å². The standard InChI is InChI=1S/C37H43N.C25H33Br.C12H11N/c1-3-5-7-17-27-37(28-18-8-6-4-2)35-24-16-15-23-33(35)34-26-25-32(29-36(34)37)38(30-19-11-9-12-20-30)31-21-13-10-14-22-31;1-3-5-7-11-17-25(18-12-8-6-4-2)23-14-10-9-13-21(23)22-16-15-20(26)19-24(22)25;1-3-7-11(8-4-1)13-12-9-5-2-6-10-12/h9-16,19-26,29H,3-8,17-18,27-28H2,1-2H3;9-10,13-16,19H,3-8,11-12,17-18H2,1-2H3;1-10,13H. The van der Waals surface area contributed by atoms with Crippen molar-refractivity contribution >= 4 is 44.4 Å². The summed E-state index contributed by atoms with van der Waals surface area (Å²) >= 11 is 3.75. The molecule has 8 aromatic rings. The Morgan fingerprint density at radius 3 is 1.05 bits per heavy atom. The molecule has 3 heteroatoms. The molecular weight excluding hydrogens is 997 g/mol. The number of nitrogens with one attached hydrogen (secondary N) is 1. The second-order valence-electron chi connectivity index (χ2n) is 21.8. The molecule has 2 aliphatic rings. The number of nitrogens with zero attached hydrogens (tertiary/aromatic N) is 1. The second kappa shape index (κ2) is 29.5. The molecule has 8 aromatic carbocycles. The molecular formula is C74H87BrN2. The molecule has 2 aliphatic carbocycles. The number of para-hydroxylation sites is 4. The number of halogens is 1. The topological polar surface area (TPSA) is 15.3 Å². The van der Waals surface area contributed by atoms with Gasteiger partial charge in [0.2, 0.25) is 0 Å². The van der Waals surface area contributed by atoms with E-state index in [9.17, 15) is 0 Å². The van der Waals surface area contributed by atoms with Gasteiger partial charge in [0.15, 0.2) is 0 Å². The molecule has 77 heavy (non-hydrogen) atoms. The molecule has 0 unspecified atom stereocenters. The van der Waals surface area contributed by atoms with Crippen LogP contribution in [-0.4, -0.2) is 0 Å². The van der Waals surface area contributed by atoms with Gasteiger partial charge in [0.25, 0.3) is 0 Å². The predicted molar refractivity (Wildman–Crippen MR) is 339 cm³/mol. The third kappa shape index (κ3) is 14.3. The fraction of sp³-hybridized carbons (Fsp3) is 0.351. The van der Waals surface area contributed by atoms with Crippen LogP contribution in [0.1, 0.15) is 178 Å². The van der Waals surface area contributed by atoms with E-state index in [1.54, 1.807) is 22.3 Å². The highest BCUT2D eigenvalue weighted by atomic mass is 79.9. The zero-order valence-corrected chi connectivity index (χ0v) is 48.7. The number of unbranched alkanes of at least 4 members (excludes halogenated alkanes) is 12. The highest BCUT2D eigenvalue weighted by Crippen LogP contribution is 2.57. The van der Waals surface area contributed by atoms with Crippen molar-refractivity contribution < 1.29 is 0 Å². The maximum Gasteiger partial charge on any atom is 0.0465 e. The Hall–Kier alpha value is -6.16. The van der Waals surface area contributed by atoms with Gasteiger partial charge in [0, 0.05) is 43.7 Å². The van der Waals surface area contributed by atoms with E-state index in [1.165, 1.54) is 172 Å². The van der Waals surface area contributed by atoms with Crippen LogP contribution in [0.25, 0.3) is 22.3 Å². The largest absolute Gasteiger partial charge is 0.356 e. The van der Waals surface area contributed by atoms with Crippen LogP contribution < -0.4 is 10.2 Å². The Morgan fingerprint density at radius 1 is 0.312 bits per heavy atom. The van der Waals surface area contributed by atoms with Crippen molar-refractivity contribution in [3.05, 3.63) is 233 Å². The van der Waals surface area contributed by atoms with Gasteiger partial charge in [0.05, 0.1) is 0 Å². The molecule has 0 aliphatic heterocycles. The summed E-state index contributed by atoms with van der Waals surface area (Å²) in [7, 11) is 0. The van der Waals surface area contributed by atoms with Crippen LogP contribution in [0.3, 0.4) is 0 Å². The average molecular weight is 1080 g/mol. The van der Waals surface area contributed by atoms with E-state index in [0.717, 1.165) is 11.4 Å². The van der Waals surface area contributed by atoms with Gasteiger partial charge in [-0.25, -0.2) is 0 Å². The minimum absolute atomic E-state index is 0.0997. The fourth-order valence-electron chi connectivity index (χ4n) is 12.6. The molecule has 0 saturated carbocycles. The highest BCUT2D eigenvalue weighted by Gasteiger charge is 2.43. The lowest BCUT2D eigenvalue weighted by Crippen LogP contribution is -2.26. The maximum absolute atomic E-state index is 3.75. The van der Waals surface area contributed by atoms with Gasteiger partial charge in [0.1, 0.15) is 0 Å². The smallest absolute Gasteiger partial charge is 0.0465 e. The Balaban J connectivity index is 0.000000172. The Bertz CT molecular complexity index is 2860. The number of hydrogen-bond donors (Lipinski definition) is 1. The van der Waals surface area contributed by atoms with Crippen molar-refractivity contribution in [3.63, 3.8) is 0 Å². The summed E-state index contributed by atoms with van der Waals surface area (Å²) in [4.78, 5) is 2.42. The minimum Gasteiger partial charge on any atom is -0.356 e. The first kappa shape index (κ1) is 57.0. The fourth-order valence-corrected chi connectivity index (χ4v) is 12.9. The number of hydrogen-bond acceptors (Lipinski definition) is 2. The number of rotatable bonds is 25. The molecule has 2 nitrogen and oxygen atoms in total. The molecule has 0 spiro atoms. The SMILES string of the molecule is CCCCCCC1(CCCCCC)c2ccccc2-c2ccc(Br)cc21.CCCCCCC1(CCCCCC)c2ccccc2-c2ccc(N(c3ccccc3)c3ccccc3)cc21.c1ccc(Nc2ccccc2)cc1. The molecule has 0 amide bonds. The Morgan fingerprint density at radius 2 is 0.649 bits per heavy atom. The summed E-state index contributed by atoms with van der Waals surface area (Å²) in [6, 6.07) is 74.6. The molecule has 0 aromatic heterocycles. The van der Waals surface area contributed by atoms with E-state index in [1.807, 2.05) is 60.7 Å². The van der Waals surface area contributed by atoms with Gasteiger partial charge >= 0.3 is 0 Å². The van der Waals surface area contributed by atoms with Crippen molar-refractivity contribution in [1.82, 2.24) is 0 Å². The van der Waals surface area contributed by atoms with E-state index < -0.39 is 0 Å². The van der Waals surface area contributed by atoms with Crippen LogP contribution in [-0.2, 0) is 10.8 Å². The van der Waals surface area contributed by atoms with Gasteiger partial charge in [-0.2, -0.15) is 0 Å². The average Bonchev–Trinajstić information content (AvgIpc) is 4.14. The van der Waals surface area contributed by atoms with E-state index in [-0.39, 0.29) is 10.8 Å². The van der Waals surface area contributed by atoms with E-state index in [0.29, 0.717) is 0 Å². The van der Waals surface area contributed by atoms with Gasteiger partial charge in [-0.1, -0.05) is 280 Å². The van der Waals surface area contributed by atoms with Crippen molar-refractivity contribution in [1.29, 1.82) is 0 Å². The number of anilines is 5. The van der Waals surface area contributed by atoms with Crippen LogP contribution >= 0.6 is 15.9 Å². The van der Waals surface area contributed by atoms with E-state index in [2.05, 4.69) is 199 Å². The van der Waals surface area contributed by atoms with Gasteiger partial charge < -0.3 is 10.2 Å². The first-order valence-corrected chi connectivity index (χ1v) is 30.7. The molecule has 0 radical (unpaired) electrons. The lowest BCUT2D eigenvalue weighted by molar-refractivity contribution is 0.401. The normalized spacial score (nSPS) is 12.9. The zero-order chi connectivity index (χ0) is 53.6. The molecule has 0 saturated heterocycles. The van der Waals surface area contributed by atoms with Gasteiger partial charge in [-0.3, -0.25) is 0 Å². The van der Waals surface area contributed by atoms with Gasteiger partial charge in [-0.05, 0) is 143 Å². The summed E-state index contributed by atoms with van der Waals surface area (Å²) in [5, 5.41) is 3.30. The lowest BCUT2D eigenvalue weighted by Gasteiger charge is -2.34. The maximum atomic E-state index is 3.75. The first-order valence-electron chi connectivity index (χ1n) is 29.9. The van der Waals surface area contributed by atoms with Crippen LogP contribution in [0.5, 0.6) is 0 Å². The second-order valence-corrected chi connectivity index (χ2v) is 22.7. The monoisotopic (exact) mass is 1080 g/mol.